The van der Waals surface area contributed by atoms with Crippen LogP contribution >= 0.6 is 15.9 Å². The third-order valence-electron chi connectivity index (χ3n) is 4.60. The Morgan fingerprint density at radius 2 is 1.69 bits per heavy atom. The Hall–Kier alpha value is -2.75. The van der Waals surface area contributed by atoms with Crippen LogP contribution in [0.3, 0.4) is 0 Å². The SMILES string of the molecule is COC(=O)c1ccc(C(=O)OC)c(NC(=O)C2CC(c3ccc(Br)cc3)NN2)c1. The van der Waals surface area contributed by atoms with Gasteiger partial charge in [-0.15, -0.1) is 0 Å². The van der Waals surface area contributed by atoms with Crippen LogP contribution in [0.15, 0.2) is 46.9 Å². The first-order chi connectivity index (χ1) is 13.9. The lowest BCUT2D eigenvalue weighted by atomic mass is 10.0. The van der Waals surface area contributed by atoms with E-state index in [0.717, 1.165) is 10.0 Å². The standard InChI is InChI=1S/C20H20BrN3O5/c1-28-19(26)12-5-8-14(20(27)29-2)16(9-12)22-18(25)17-10-15(23-24-17)11-3-6-13(21)7-4-11/h3-9,15,17,23-24H,10H2,1-2H3,(H,22,25). The summed E-state index contributed by atoms with van der Waals surface area (Å²) in [5, 5.41) is 2.71. The average Bonchev–Trinajstić information content (AvgIpc) is 3.23. The molecule has 1 amide bonds. The summed E-state index contributed by atoms with van der Waals surface area (Å²) >= 11 is 3.40. The number of ether oxygens (including phenoxy) is 2. The van der Waals surface area contributed by atoms with E-state index in [1.807, 2.05) is 24.3 Å². The molecule has 2 aromatic carbocycles. The summed E-state index contributed by atoms with van der Waals surface area (Å²) in [6, 6.07) is 11.5. The van der Waals surface area contributed by atoms with E-state index in [9.17, 15) is 14.4 Å². The van der Waals surface area contributed by atoms with Crippen molar-refractivity contribution < 1.29 is 23.9 Å². The Balaban J connectivity index is 1.76. The van der Waals surface area contributed by atoms with Crippen molar-refractivity contribution in [2.75, 3.05) is 19.5 Å². The lowest BCUT2D eigenvalue weighted by molar-refractivity contribution is -0.117. The number of hydrazine groups is 1. The van der Waals surface area contributed by atoms with E-state index < -0.39 is 18.0 Å². The van der Waals surface area contributed by atoms with Crippen molar-refractivity contribution in [3.63, 3.8) is 0 Å². The zero-order valence-electron chi connectivity index (χ0n) is 15.8. The number of methoxy groups -OCH3 is 2. The predicted octanol–water partition coefficient (Wildman–Crippen LogP) is 2.57. The number of hydrogen-bond acceptors (Lipinski definition) is 7. The molecule has 1 fully saturated rings. The van der Waals surface area contributed by atoms with Gasteiger partial charge in [0.15, 0.2) is 0 Å². The molecule has 0 aromatic heterocycles. The normalized spacial score (nSPS) is 18.2. The van der Waals surface area contributed by atoms with Crippen molar-refractivity contribution in [3.05, 3.63) is 63.6 Å². The Morgan fingerprint density at radius 1 is 1.00 bits per heavy atom. The highest BCUT2D eigenvalue weighted by atomic mass is 79.9. The second-order valence-electron chi connectivity index (χ2n) is 6.41. The first-order valence-corrected chi connectivity index (χ1v) is 9.60. The fraction of sp³-hybridized carbons (Fsp3) is 0.250. The first kappa shape index (κ1) is 21.0. The van der Waals surface area contributed by atoms with Crippen LogP contribution in [-0.4, -0.2) is 38.1 Å². The maximum Gasteiger partial charge on any atom is 0.339 e. The number of rotatable bonds is 5. The molecule has 152 valence electrons. The van der Waals surface area contributed by atoms with Gasteiger partial charge in [0.2, 0.25) is 5.91 Å². The molecule has 2 aromatic rings. The van der Waals surface area contributed by atoms with Crippen molar-refractivity contribution in [2.45, 2.75) is 18.5 Å². The van der Waals surface area contributed by atoms with Crippen molar-refractivity contribution in [2.24, 2.45) is 0 Å². The molecule has 3 N–H and O–H groups in total. The van der Waals surface area contributed by atoms with Crippen LogP contribution in [0.2, 0.25) is 0 Å². The highest BCUT2D eigenvalue weighted by Gasteiger charge is 2.31. The molecule has 0 radical (unpaired) electrons. The number of amides is 1. The number of carbonyl (C=O) groups is 3. The van der Waals surface area contributed by atoms with Gasteiger partial charge in [0.05, 0.1) is 31.0 Å². The molecule has 29 heavy (non-hydrogen) atoms. The van der Waals surface area contributed by atoms with E-state index >= 15 is 0 Å². The highest BCUT2D eigenvalue weighted by Crippen LogP contribution is 2.25. The van der Waals surface area contributed by atoms with Crippen molar-refractivity contribution in [1.82, 2.24) is 10.9 Å². The fourth-order valence-corrected chi connectivity index (χ4v) is 3.31. The van der Waals surface area contributed by atoms with Crippen molar-refractivity contribution in [3.8, 4) is 0 Å². The van der Waals surface area contributed by atoms with Gasteiger partial charge in [0, 0.05) is 10.5 Å². The average molecular weight is 462 g/mol. The smallest absolute Gasteiger partial charge is 0.339 e. The number of carbonyl (C=O) groups excluding carboxylic acids is 3. The minimum Gasteiger partial charge on any atom is -0.465 e. The molecular formula is C20H20BrN3O5. The van der Waals surface area contributed by atoms with Gasteiger partial charge in [-0.2, -0.15) is 0 Å². The molecule has 1 heterocycles. The van der Waals surface area contributed by atoms with E-state index in [4.69, 9.17) is 9.47 Å². The predicted molar refractivity (Wildman–Crippen MR) is 109 cm³/mol. The summed E-state index contributed by atoms with van der Waals surface area (Å²) in [5.74, 6) is -1.54. The number of hydrogen-bond donors (Lipinski definition) is 3. The van der Waals surface area contributed by atoms with Crippen LogP contribution in [0.4, 0.5) is 5.69 Å². The van der Waals surface area contributed by atoms with Gasteiger partial charge in [0.1, 0.15) is 6.04 Å². The molecule has 3 rings (SSSR count). The maximum atomic E-state index is 12.8. The van der Waals surface area contributed by atoms with E-state index in [2.05, 4.69) is 32.1 Å². The summed E-state index contributed by atoms with van der Waals surface area (Å²) in [5.41, 5.74) is 7.65. The van der Waals surface area contributed by atoms with Gasteiger partial charge < -0.3 is 14.8 Å². The number of halogens is 1. The Kier molecular flexibility index (Phi) is 6.63. The van der Waals surface area contributed by atoms with Crippen LogP contribution in [0, 0.1) is 0 Å². The highest BCUT2D eigenvalue weighted by molar-refractivity contribution is 9.10. The van der Waals surface area contributed by atoms with E-state index in [1.54, 1.807) is 0 Å². The Labute approximate surface area is 176 Å². The summed E-state index contributed by atoms with van der Waals surface area (Å²) in [7, 11) is 2.50. The molecule has 0 spiro atoms. The largest absolute Gasteiger partial charge is 0.465 e. The molecule has 2 atom stereocenters. The third kappa shape index (κ3) is 4.81. The van der Waals surface area contributed by atoms with Gasteiger partial charge in [-0.3, -0.25) is 4.79 Å². The first-order valence-electron chi connectivity index (χ1n) is 8.81. The van der Waals surface area contributed by atoms with Gasteiger partial charge in [-0.25, -0.2) is 20.4 Å². The van der Waals surface area contributed by atoms with Crippen molar-refractivity contribution >= 4 is 39.5 Å². The second kappa shape index (κ2) is 9.17. The Morgan fingerprint density at radius 3 is 2.34 bits per heavy atom. The van der Waals surface area contributed by atoms with Gasteiger partial charge in [-0.1, -0.05) is 28.1 Å². The van der Waals surface area contributed by atoms with Crippen LogP contribution in [0.1, 0.15) is 38.7 Å². The molecule has 1 saturated heterocycles. The van der Waals surface area contributed by atoms with Crippen LogP contribution in [0.5, 0.6) is 0 Å². The third-order valence-corrected chi connectivity index (χ3v) is 5.12. The minimum absolute atomic E-state index is 0.0414. The molecule has 2 unspecified atom stereocenters. The van der Waals surface area contributed by atoms with Crippen molar-refractivity contribution in [1.29, 1.82) is 0 Å². The minimum atomic E-state index is -0.623. The fourth-order valence-electron chi connectivity index (χ4n) is 3.04. The summed E-state index contributed by atoms with van der Waals surface area (Å²) in [6.45, 7) is 0. The lowest BCUT2D eigenvalue weighted by Crippen LogP contribution is -2.39. The molecule has 1 aliphatic heterocycles. The number of benzene rings is 2. The number of anilines is 1. The summed E-state index contributed by atoms with van der Waals surface area (Å²) in [4.78, 5) is 36.6. The second-order valence-corrected chi connectivity index (χ2v) is 7.33. The molecule has 0 aliphatic carbocycles. The van der Waals surface area contributed by atoms with E-state index in [-0.39, 0.29) is 28.8 Å². The van der Waals surface area contributed by atoms with Gasteiger partial charge >= 0.3 is 11.9 Å². The van der Waals surface area contributed by atoms with Gasteiger partial charge in [-0.05, 0) is 42.3 Å². The molecule has 8 nitrogen and oxygen atoms in total. The maximum absolute atomic E-state index is 12.8. The quantitative estimate of drug-likeness (QED) is 0.587. The van der Waals surface area contributed by atoms with Crippen LogP contribution in [-0.2, 0) is 14.3 Å². The van der Waals surface area contributed by atoms with Gasteiger partial charge in [0.25, 0.3) is 0 Å². The van der Waals surface area contributed by atoms with E-state index in [0.29, 0.717) is 6.42 Å². The number of esters is 2. The number of nitrogens with one attached hydrogen (secondary N) is 3. The molecule has 1 aliphatic rings. The lowest BCUT2D eigenvalue weighted by Gasteiger charge is -2.14. The topological polar surface area (TPSA) is 106 Å². The molecular weight excluding hydrogens is 442 g/mol. The zero-order chi connectivity index (χ0) is 21.0. The Bertz CT molecular complexity index is 932. The molecule has 9 heteroatoms. The zero-order valence-corrected chi connectivity index (χ0v) is 17.4. The summed E-state index contributed by atoms with van der Waals surface area (Å²) in [6.07, 6.45) is 0.512. The summed E-state index contributed by atoms with van der Waals surface area (Å²) < 4.78 is 10.4. The monoisotopic (exact) mass is 461 g/mol. The van der Waals surface area contributed by atoms with Crippen LogP contribution in [0.25, 0.3) is 0 Å². The van der Waals surface area contributed by atoms with E-state index in [1.165, 1.54) is 32.4 Å². The molecule has 0 saturated carbocycles. The van der Waals surface area contributed by atoms with Crippen LogP contribution < -0.4 is 16.2 Å². The molecule has 0 bridgehead atoms.